The smallest absolute Gasteiger partial charge is 0.402 e. The van der Waals surface area contributed by atoms with Crippen molar-refractivity contribution in [3.63, 3.8) is 0 Å². The highest BCUT2D eigenvalue weighted by Gasteiger charge is 1.99. The van der Waals surface area contributed by atoms with Gasteiger partial charge in [0.15, 0.2) is 0 Å². The van der Waals surface area contributed by atoms with Crippen molar-refractivity contribution in [3.8, 4) is 0 Å². The molecule has 0 rings (SSSR count). The lowest BCUT2D eigenvalue weighted by molar-refractivity contribution is -0.0130. The van der Waals surface area contributed by atoms with Gasteiger partial charge in [0.05, 0.1) is 52.4 Å². The van der Waals surface area contributed by atoms with Crippen molar-refractivity contribution in [1.82, 2.24) is 0 Å². The maximum Gasteiger partial charge on any atom is 0.631 e. The summed E-state index contributed by atoms with van der Waals surface area (Å²) < 4.78 is 15.3. The summed E-state index contributed by atoms with van der Waals surface area (Å²) in [5.74, 6) is 0. The Hall–Kier alpha value is -0.255. The third kappa shape index (κ3) is 27.1. The van der Waals surface area contributed by atoms with Crippen molar-refractivity contribution in [1.29, 1.82) is 0 Å². The van der Waals surface area contributed by atoms with Crippen LogP contribution in [0.5, 0.6) is 0 Å². The zero-order valence-electron chi connectivity index (χ0n) is 11.3. The molecule has 0 spiro atoms. The molecular weight excluding hydrogens is 259 g/mol. The van der Waals surface area contributed by atoms with E-state index in [0.29, 0.717) is 46.1 Å². The lowest BCUT2D eigenvalue weighted by atomic mass is 10.3. The average Bonchev–Trinajstić information content (AvgIpc) is 2.36. The summed E-state index contributed by atoms with van der Waals surface area (Å²) in [6.07, 6.45) is 0.327. The lowest BCUT2D eigenvalue weighted by Crippen LogP contribution is -2.17. The molecule has 0 radical (unpaired) electrons. The number of hydrogen-bond acceptors (Lipinski definition) is 8. The molecule has 8 nitrogen and oxygen atoms in total. The fourth-order valence-electron chi connectivity index (χ4n) is 0.842. The third-order valence-electron chi connectivity index (χ3n) is 1.76. The summed E-state index contributed by atoms with van der Waals surface area (Å²) in [6, 6.07) is 0. The molecule has 0 aromatic rings. The second-order valence-corrected chi connectivity index (χ2v) is 3.43. The number of rotatable bonds is 11. The van der Waals surface area contributed by atoms with Crippen LogP contribution in [0.4, 0.5) is 0 Å². The molecule has 0 aromatic heterocycles. The van der Waals surface area contributed by atoms with Crippen molar-refractivity contribution in [2.24, 2.45) is 0 Å². The molecule has 0 bridgehead atoms. The van der Waals surface area contributed by atoms with Gasteiger partial charge in [0.1, 0.15) is 0 Å². The number of hydrogen-bond donors (Lipinski definition) is 5. The number of ether oxygens (including phenoxy) is 3. The zero-order valence-corrected chi connectivity index (χ0v) is 11.3. The topological polar surface area (TPSA) is 129 Å². The van der Waals surface area contributed by atoms with E-state index >= 15 is 0 Å². The molecule has 1 unspecified atom stereocenters. The molecule has 0 aliphatic rings. The second-order valence-electron chi connectivity index (χ2n) is 3.43. The predicted octanol–water partition coefficient (Wildman–Crippen LogP) is -2.25. The highest BCUT2D eigenvalue weighted by atomic mass is 16.5. The molecule has 1 atom stereocenters. The van der Waals surface area contributed by atoms with Crippen LogP contribution in [0.15, 0.2) is 0 Å². The van der Waals surface area contributed by atoms with Crippen molar-refractivity contribution in [3.05, 3.63) is 0 Å². The Kier molecular flexibility index (Phi) is 19.7. The Morgan fingerprint density at radius 2 is 1.32 bits per heavy atom. The molecule has 0 aliphatic carbocycles. The fourth-order valence-corrected chi connectivity index (χ4v) is 0.842. The average molecular weight is 284 g/mol. The Morgan fingerprint density at radius 3 is 1.74 bits per heavy atom. The van der Waals surface area contributed by atoms with Gasteiger partial charge in [-0.05, 0) is 6.42 Å². The number of aliphatic hydroxyl groups is 2. The molecule has 5 N–H and O–H groups in total. The van der Waals surface area contributed by atoms with E-state index in [2.05, 4.69) is 0 Å². The van der Waals surface area contributed by atoms with Gasteiger partial charge >= 0.3 is 7.32 Å². The molecule has 0 heterocycles. The highest BCUT2D eigenvalue weighted by molar-refractivity contribution is 6.30. The standard InChI is InChI=1S/C10H22O5.BH3O3/c1-2-10(12)9-15-8-7-14-6-5-13-4-3-11;2-1(3)4/h10-12H,2-9H2,1H3;2-4H. The van der Waals surface area contributed by atoms with E-state index in [9.17, 15) is 0 Å². The van der Waals surface area contributed by atoms with E-state index in [1.807, 2.05) is 6.92 Å². The summed E-state index contributed by atoms with van der Waals surface area (Å²) in [4.78, 5) is 0. The van der Waals surface area contributed by atoms with E-state index in [1.54, 1.807) is 0 Å². The van der Waals surface area contributed by atoms with Crippen molar-refractivity contribution in [2.45, 2.75) is 19.4 Å². The van der Waals surface area contributed by atoms with Crippen LogP contribution in [0, 0.1) is 0 Å². The molecule has 0 saturated carbocycles. The number of aliphatic hydroxyl groups excluding tert-OH is 2. The lowest BCUT2D eigenvalue weighted by Gasteiger charge is -2.09. The maximum absolute atomic E-state index is 9.15. The van der Waals surface area contributed by atoms with Gasteiger partial charge in [-0.3, -0.25) is 0 Å². The van der Waals surface area contributed by atoms with E-state index in [1.165, 1.54) is 0 Å². The minimum atomic E-state index is -2.17. The molecule has 0 aromatic carbocycles. The van der Waals surface area contributed by atoms with E-state index in [-0.39, 0.29) is 12.7 Å². The van der Waals surface area contributed by atoms with Gasteiger partial charge in [0.25, 0.3) is 0 Å². The summed E-state index contributed by atoms with van der Waals surface area (Å²) >= 11 is 0. The van der Waals surface area contributed by atoms with Gasteiger partial charge in [-0.2, -0.15) is 0 Å². The first kappa shape index (κ1) is 21.1. The summed E-state index contributed by atoms with van der Waals surface area (Å²) in [7, 11) is -2.17. The van der Waals surface area contributed by atoms with E-state index < -0.39 is 7.32 Å². The fraction of sp³-hybridized carbons (Fsp3) is 1.00. The van der Waals surface area contributed by atoms with Gasteiger partial charge in [0, 0.05) is 0 Å². The maximum atomic E-state index is 9.15. The van der Waals surface area contributed by atoms with Crippen LogP contribution in [-0.4, -0.2) is 85.0 Å². The SMILES string of the molecule is CCC(O)COCCOCCOCCO.OB(O)O. The first-order valence-corrected chi connectivity index (χ1v) is 6.10. The molecular formula is C10H25BO8. The molecule has 116 valence electrons. The summed E-state index contributed by atoms with van der Waals surface area (Å²) in [5, 5.41) is 39.1. The van der Waals surface area contributed by atoms with Crippen LogP contribution in [0.3, 0.4) is 0 Å². The first-order chi connectivity index (χ1) is 9.04. The first-order valence-electron chi connectivity index (χ1n) is 6.10. The van der Waals surface area contributed by atoms with Crippen LogP contribution in [-0.2, 0) is 14.2 Å². The largest absolute Gasteiger partial charge is 0.631 e. The molecule has 0 aliphatic heterocycles. The van der Waals surface area contributed by atoms with Crippen LogP contribution in [0.25, 0.3) is 0 Å². The van der Waals surface area contributed by atoms with Crippen LogP contribution < -0.4 is 0 Å². The summed E-state index contributed by atoms with van der Waals surface area (Å²) in [6.45, 7) is 4.62. The monoisotopic (exact) mass is 284 g/mol. The van der Waals surface area contributed by atoms with Gasteiger partial charge in [0.2, 0.25) is 0 Å². The van der Waals surface area contributed by atoms with Crippen molar-refractivity contribution in [2.75, 3.05) is 46.2 Å². The zero-order chi connectivity index (χ0) is 14.9. The van der Waals surface area contributed by atoms with Gasteiger partial charge < -0.3 is 39.5 Å². The predicted molar refractivity (Wildman–Crippen MR) is 68.3 cm³/mol. The van der Waals surface area contributed by atoms with Crippen LogP contribution in [0.1, 0.15) is 13.3 Å². The molecule has 0 amide bonds. The van der Waals surface area contributed by atoms with Gasteiger partial charge in [-0.15, -0.1) is 0 Å². The molecule has 0 fully saturated rings. The Labute approximate surface area is 113 Å². The van der Waals surface area contributed by atoms with E-state index in [0.717, 1.165) is 0 Å². The molecule has 19 heavy (non-hydrogen) atoms. The van der Waals surface area contributed by atoms with Crippen LogP contribution in [0.2, 0.25) is 0 Å². The third-order valence-corrected chi connectivity index (χ3v) is 1.76. The molecule has 0 saturated heterocycles. The quantitative estimate of drug-likeness (QED) is 0.212. The Balaban J connectivity index is 0. The highest BCUT2D eigenvalue weighted by Crippen LogP contribution is 1.90. The van der Waals surface area contributed by atoms with Crippen molar-refractivity contribution < 1.29 is 39.5 Å². The van der Waals surface area contributed by atoms with Gasteiger partial charge in [-0.25, -0.2) is 0 Å². The summed E-state index contributed by atoms with van der Waals surface area (Å²) in [5.41, 5.74) is 0. The molecule has 9 heteroatoms. The second kappa shape index (κ2) is 17.7. The Morgan fingerprint density at radius 1 is 0.895 bits per heavy atom. The minimum Gasteiger partial charge on any atom is -0.402 e. The van der Waals surface area contributed by atoms with Gasteiger partial charge in [-0.1, -0.05) is 6.92 Å². The van der Waals surface area contributed by atoms with Crippen LogP contribution >= 0.6 is 0 Å². The normalized spacial score (nSPS) is 11.7. The van der Waals surface area contributed by atoms with E-state index in [4.69, 9.17) is 39.5 Å². The van der Waals surface area contributed by atoms with Crippen molar-refractivity contribution >= 4 is 7.32 Å². The minimum absolute atomic E-state index is 0.0397. The Bertz CT molecular complexity index is 158.